The van der Waals surface area contributed by atoms with Gasteiger partial charge in [-0.05, 0) is 26.0 Å². The Kier molecular flexibility index (Phi) is 3.33. The van der Waals surface area contributed by atoms with Crippen LogP contribution in [0.2, 0.25) is 0 Å². The van der Waals surface area contributed by atoms with Crippen LogP contribution in [-0.4, -0.2) is 10.7 Å². The van der Waals surface area contributed by atoms with Crippen LogP contribution in [0, 0.1) is 5.82 Å². The van der Waals surface area contributed by atoms with Crippen molar-refractivity contribution in [2.45, 2.75) is 32.5 Å². The molecule has 2 aromatic carbocycles. The molecule has 0 aromatic heterocycles. The summed E-state index contributed by atoms with van der Waals surface area (Å²) in [7, 11) is 0. The van der Waals surface area contributed by atoms with E-state index in [-0.39, 0.29) is 18.0 Å². The summed E-state index contributed by atoms with van der Waals surface area (Å²) in [6.45, 7) is 3.71. The third kappa shape index (κ3) is 2.59. The maximum Gasteiger partial charge on any atom is 0.169 e. The number of benzene rings is 2. The Hall–Kier alpha value is -2.07. The van der Waals surface area contributed by atoms with Crippen LogP contribution in [0.5, 0.6) is 17.2 Å². The Morgan fingerprint density at radius 1 is 1.24 bits per heavy atom. The zero-order chi connectivity index (χ0) is 15.0. The number of aliphatic hydroxyl groups excluding tert-OH is 1. The van der Waals surface area contributed by atoms with E-state index in [4.69, 9.17) is 9.47 Å². The number of halogens is 1. The van der Waals surface area contributed by atoms with E-state index in [0.29, 0.717) is 17.1 Å². The minimum atomic E-state index is -0.503. The van der Waals surface area contributed by atoms with Gasteiger partial charge in [0.15, 0.2) is 23.1 Å². The number of hydrogen-bond donors (Lipinski definition) is 1. The maximum absolute atomic E-state index is 13.9. The van der Waals surface area contributed by atoms with Crippen molar-refractivity contribution in [2.24, 2.45) is 0 Å². The van der Waals surface area contributed by atoms with E-state index in [0.717, 1.165) is 12.0 Å². The smallest absolute Gasteiger partial charge is 0.169 e. The van der Waals surface area contributed by atoms with Crippen molar-refractivity contribution < 1.29 is 19.0 Å². The van der Waals surface area contributed by atoms with Gasteiger partial charge in [0.1, 0.15) is 5.60 Å². The van der Waals surface area contributed by atoms with Gasteiger partial charge in [-0.3, -0.25) is 0 Å². The second-order valence-electron chi connectivity index (χ2n) is 5.77. The van der Waals surface area contributed by atoms with Crippen LogP contribution in [-0.2, 0) is 13.0 Å². The SMILES string of the molecule is CC1(C)Cc2cccc(Oc3c(F)cccc3CO)c2O1. The molecule has 0 radical (unpaired) electrons. The van der Waals surface area contributed by atoms with Crippen molar-refractivity contribution >= 4 is 0 Å². The van der Waals surface area contributed by atoms with E-state index in [9.17, 15) is 9.50 Å². The molecule has 110 valence electrons. The first-order valence-corrected chi connectivity index (χ1v) is 6.87. The highest BCUT2D eigenvalue weighted by Crippen LogP contribution is 2.44. The Bertz CT molecular complexity index is 680. The fourth-order valence-corrected chi connectivity index (χ4v) is 2.57. The number of para-hydroxylation sites is 2. The van der Waals surface area contributed by atoms with Gasteiger partial charge in [0.05, 0.1) is 6.61 Å². The monoisotopic (exact) mass is 288 g/mol. The zero-order valence-corrected chi connectivity index (χ0v) is 12.0. The van der Waals surface area contributed by atoms with Gasteiger partial charge >= 0.3 is 0 Å². The predicted molar refractivity (Wildman–Crippen MR) is 77.2 cm³/mol. The summed E-state index contributed by atoms with van der Waals surface area (Å²) in [5.41, 5.74) is 1.15. The quantitative estimate of drug-likeness (QED) is 0.933. The summed E-state index contributed by atoms with van der Waals surface area (Å²) >= 11 is 0. The zero-order valence-electron chi connectivity index (χ0n) is 12.0. The molecule has 3 nitrogen and oxygen atoms in total. The summed E-state index contributed by atoms with van der Waals surface area (Å²) < 4.78 is 25.6. The minimum absolute atomic E-state index is 0.0432. The highest BCUT2D eigenvalue weighted by Gasteiger charge is 2.32. The molecule has 4 heteroatoms. The summed E-state index contributed by atoms with van der Waals surface area (Å²) in [6.07, 6.45) is 0.781. The summed E-state index contributed by atoms with van der Waals surface area (Å²) in [4.78, 5) is 0. The Labute approximate surface area is 122 Å². The first-order chi connectivity index (χ1) is 10.00. The molecule has 0 atom stereocenters. The lowest BCUT2D eigenvalue weighted by molar-refractivity contribution is 0.134. The second kappa shape index (κ2) is 5.04. The van der Waals surface area contributed by atoms with Gasteiger partial charge < -0.3 is 14.6 Å². The van der Waals surface area contributed by atoms with E-state index in [1.807, 2.05) is 26.0 Å². The van der Waals surface area contributed by atoms with Crippen molar-refractivity contribution in [3.63, 3.8) is 0 Å². The number of ether oxygens (including phenoxy) is 2. The van der Waals surface area contributed by atoms with E-state index < -0.39 is 5.82 Å². The molecule has 0 aliphatic carbocycles. The molecule has 0 saturated heterocycles. The lowest BCUT2D eigenvalue weighted by atomic mass is 10.0. The Balaban J connectivity index is 2.00. The van der Waals surface area contributed by atoms with Crippen LogP contribution in [0.15, 0.2) is 36.4 Å². The van der Waals surface area contributed by atoms with E-state index in [2.05, 4.69) is 0 Å². The largest absolute Gasteiger partial charge is 0.483 e. The van der Waals surface area contributed by atoms with Crippen LogP contribution in [0.3, 0.4) is 0 Å². The first kappa shape index (κ1) is 13.9. The van der Waals surface area contributed by atoms with Crippen molar-refractivity contribution in [2.75, 3.05) is 0 Å². The van der Waals surface area contributed by atoms with Gasteiger partial charge in [0.25, 0.3) is 0 Å². The van der Waals surface area contributed by atoms with Crippen molar-refractivity contribution in [3.8, 4) is 17.2 Å². The van der Waals surface area contributed by atoms with Gasteiger partial charge in [-0.2, -0.15) is 0 Å². The number of aliphatic hydroxyl groups is 1. The third-order valence-corrected chi connectivity index (χ3v) is 3.49. The summed E-state index contributed by atoms with van der Waals surface area (Å²) in [5, 5.41) is 9.32. The third-order valence-electron chi connectivity index (χ3n) is 3.49. The van der Waals surface area contributed by atoms with Crippen molar-refractivity contribution in [3.05, 3.63) is 53.3 Å². The lowest BCUT2D eigenvalue weighted by Crippen LogP contribution is -2.24. The maximum atomic E-state index is 13.9. The van der Waals surface area contributed by atoms with Crippen molar-refractivity contribution in [1.29, 1.82) is 0 Å². The molecule has 1 aliphatic rings. The topological polar surface area (TPSA) is 38.7 Å². The lowest BCUT2D eigenvalue weighted by Gasteiger charge is -2.18. The van der Waals surface area contributed by atoms with E-state index >= 15 is 0 Å². The van der Waals surface area contributed by atoms with Gasteiger partial charge in [-0.15, -0.1) is 0 Å². The van der Waals surface area contributed by atoms with Gasteiger partial charge in [0, 0.05) is 17.5 Å². The Morgan fingerprint density at radius 2 is 2.00 bits per heavy atom. The van der Waals surface area contributed by atoms with Crippen molar-refractivity contribution in [1.82, 2.24) is 0 Å². The fourth-order valence-electron chi connectivity index (χ4n) is 2.57. The summed E-state index contributed by atoms with van der Waals surface area (Å²) in [6, 6.07) is 10.1. The van der Waals surface area contributed by atoms with Crippen LogP contribution in [0.1, 0.15) is 25.0 Å². The molecule has 0 amide bonds. The number of fused-ring (bicyclic) bond motifs is 1. The van der Waals surface area contributed by atoms with Gasteiger partial charge in [-0.25, -0.2) is 4.39 Å². The molecular formula is C17H17FO3. The van der Waals surface area contributed by atoms with Gasteiger partial charge in [-0.1, -0.05) is 24.3 Å². The molecule has 0 saturated carbocycles. The molecule has 1 aliphatic heterocycles. The van der Waals surface area contributed by atoms with Crippen LogP contribution >= 0.6 is 0 Å². The molecule has 21 heavy (non-hydrogen) atoms. The molecule has 1 heterocycles. The molecule has 0 fully saturated rings. The van der Waals surface area contributed by atoms with Gasteiger partial charge in [0.2, 0.25) is 0 Å². The van der Waals surface area contributed by atoms with E-state index in [1.165, 1.54) is 6.07 Å². The Morgan fingerprint density at radius 3 is 2.76 bits per heavy atom. The molecule has 0 spiro atoms. The van der Waals surface area contributed by atoms with Crippen LogP contribution in [0.4, 0.5) is 4.39 Å². The van der Waals surface area contributed by atoms with E-state index in [1.54, 1.807) is 18.2 Å². The predicted octanol–water partition coefficient (Wildman–Crippen LogP) is 3.82. The van der Waals surface area contributed by atoms with Crippen LogP contribution < -0.4 is 9.47 Å². The number of hydrogen-bond acceptors (Lipinski definition) is 3. The average Bonchev–Trinajstić information content (AvgIpc) is 2.76. The highest BCUT2D eigenvalue weighted by molar-refractivity contribution is 5.52. The molecule has 0 unspecified atom stereocenters. The molecule has 1 N–H and O–H groups in total. The summed E-state index contributed by atoms with van der Waals surface area (Å²) in [5.74, 6) is 0.658. The number of rotatable bonds is 3. The molecule has 0 bridgehead atoms. The van der Waals surface area contributed by atoms with Crippen LogP contribution in [0.25, 0.3) is 0 Å². The fraction of sp³-hybridized carbons (Fsp3) is 0.294. The average molecular weight is 288 g/mol. The highest BCUT2D eigenvalue weighted by atomic mass is 19.1. The normalized spacial score (nSPS) is 15.4. The minimum Gasteiger partial charge on any atom is -0.483 e. The molecule has 2 aromatic rings. The first-order valence-electron chi connectivity index (χ1n) is 6.87. The molecule has 3 rings (SSSR count). The second-order valence-corrected chi connectivity index (χ2v) is 5.77. The standard InChI is InChI=1S/C17H17FO3/c1-17(2)9-11-5-4-8-14(16(11)21-17)20-15-12(10-19)6-3-7-13(15)18/h3-8,19H,9-10H2,1-2H3. The molecular weight excluding hydrogens is 271 g/mol.